The zero-order chi connectivity index (χ0) is 18.7. The minimum atomic E-state index is -0.315. The largest absolute Gasteiger partial charge is 0.385 e. The van der Waals surface area contributed by atoms with E-state index in [1.807, 2.05) is 13.0 Å². The van der Waals surface area contributed by atoms with Crippen molar-refractivity contribution in [3.63, 3.8) is 0 Å². The third-order valence-electron chi connectivity index (χ3n) is 4.17. The lowest BCUT2D eigenvalue weighted by molar-refractivity contribution is -0.659. The third-order valence-corrected chi connectivity index (χ3v) is 4.17. The van der Waals surface area contributed by atoms with Gasteiger partial charge in [0.1, 0.15) is 10.9 Å². The van der Waals surface area contributed by atoms with Crippen LogP contribution in [-0.2, 0) is 11.3 Å². The molecule has 3 heterocycles. The highest BCUT2D eigenvalue weighted by molar-refractivity contribution is 6.00. The van der Waals surface area contributed by atoms with E-state index in [2.05, 4.69) is 10.3 Å². The number of hydrogen-bond acceptors (Lipinski definition) is 5. The van der Waals surface area contributed by atoms with Crippen LogP contribution in [0.3, 0.4) is 0 Å². The van der Waals surface area contributed by atoms with E-state index >= 15 is 0 Å². The molecule has 0 aliphatic carbocycles. The van der Waals surface area contributed by atoms with Gasteiger partial charge < -0.3 is 15.8 Å². The molecule has 136 valence electrons. The van der Waals surface area contributed by atoms with Crippen molar-refractivity contribution in [1.82, 2.24) is 14.7 Å². The first-order chi connectivity index (χ1) is 12.6. The summed E-state index contributed by atoms with van der Waals surface area (Å²) >= 11 is 0. The molecular weight excluding hydrogens is 334 g/mol. The normalized spacial score (nSPS) is 11.2. The van der Waals surface area contributed by atoms with Gasteiger partial charge in [0.15, 0.2) is 0 Å². The summed E-state index contributed by atoms with van der Waals surface area (Å²) in [5.74, 6) is -0.0308. The summed E-state index contributed by atoms with van der Waals surface area (Å²) < 4.78 is 8.28. The second kappa shape index (κ2) is 7.49. The van der Waals surface area contributed by atoms with Gasteiger partial charge in [0.25, 0.3) is 17.1 Å². The number of aromatic nitrogens is 3. The third kappa shape index (κ3) is 3.11. The van der Waals surface area contributed by atoms with E-state index in [1.165, 1.54) is 10.5 Å². The molecule has 3 aromatic heterocycles. The molecule has 0 fully saturated rings. The number of nitrogens with one attached hydrogen (secondary N) is 1. The average molecular weight is 356 g/mol. The van der Waals surface area contributed by atoms with Crippen molar-refractivity contribution >= 4 is 28.4 Å². The molecule has 0 unspecified atom stereocenters. The fourth-order valence-electron chi connectivity index (χ4n) is 2.93. The number of aryl methyl sites for hydroxylation is 1. The number of nitrogens with zero attached hydrogens (tertiary/aromatic N) is 3. The Hall–Kier alpha value is -3.00. The van der Waals surface area contributed by atoms with Crippen molar-refractivity contribution in [2.24, 2.45) is 0 Å². The van der Waals surface area contributed by atoms with Gasteiger partial charge in [-0.2, -0.15) is 0 Å². The van der Waals surface area contributed by atoms with E-state index in [9.17, 15) is 9.59 Å². The number of amides is 1. The molecule has 8 nitrogen and oxygen atoms in total. The van der Waals surface area contributed by atoms with Crippen LogP contribution in [0.15, 0.2) is 35.3 Å². The first-order valence-corrected chi connectivity index (χ1v) is 8.49. The molecule has 0 saturated carbocycles. The zero-order valence-electron chi connectivity index (χ0n) is 14.9. The van der Waals surface area contributed by atoms with Crippen LogP contribution >= 0.6 is 0 Å². The molecule has 8 heteroatoms. The number of rotatable bonds is 6. The molecule has 3 aromatic rings. The number of ether oxygens (including phenoxy) is 1. The predicted octanol–water partition coefficient (Wildman–Crippen LogP) is 0.504. The lowest BCUT2D eigenvalue weighted by Gasteiger charge is -2.12. The lowest BCUT2D eigenvalue weighted by atomic mass is 10.1. The van der Waals surface area contributed by atoms with E-state index in [0.29, 0.717) is 42.8 Å². The van der Waals surface area contributed by atoms with Crippen molar-refractivity contribution in [3.05, 3.63) is 46.4 Å². The molecule has 0 radical (unpaired) electrons. The predicted molar refractivity (Wildman–Crippen MR) is 98.1 cm³/mol. The Morgan fingerprint density at radius 3 is 2.96 bits per heavy atom. The Bertz CT molecular complexity index is 1030. The molecule has 0 aliphatic heterocycles. The molecule has 0 saturated heterocycles. The van der Waals surface area contributed by atoms with Crippen LogP contribution in [0.25, 0.3) is 16.7 Å². The molecule has 0 atom stereocenters. The summed E-state index contributed by atoms with van der Waals surface area (Å²) in [4.78, 5) is 29.9. The first-order valence-electron chi connectivity index (χ1n) is 8.49. The summed E-state index contributed by atoms with van der Waals surface area (Å²) in [6.45, 7) is 3.31. The van der Waals surface area contributed by atoms with E-state index in [-0.39, 0.29) is 22.8 Å². The summed E-state index contributed by atoms with van der Waals surface area (Å²) in [6, 6.07) is 6.86. The van der Waals surface area contributed by atoms with Gasteiger partial charge >= 0.3 is 0 Å². The number of fused-ring (bicyclic) bond motifs is 2. The van der Waals surface area contributed by atoms with Crippen LogP contribution in [0.4, 0.5) is 5.82 Å². The Kier molecular flexibility index (Phi) is 5.13. The van der Waals surface area contributed by atoms with Crippen LogP contribution in [0.5, 0.6) is 0 Å². The topological polar surface area (TPSA) is 103 Å². The van der Waals surface area contributed by atoms with Gasteiger partial charge in [0.2, 0.25) is 11.5 Å². The summed E-state index contributed by atoms with van der Waals surface area (Å²) in [6.07, 6.45) is 2.33. The molecule has 0 bridgehead atoms. The quantitative estimate of drug-likeness (QED) is 0.380. The van der Waals surface area contributed by atoms with Gasteiger partial charge in [-0.15, -0.1) is 0 Å². The molecule has 1 amide bonds. The van der Waals surface area contributed by atoms with E-state index < -0.39 is 0 Å². The summed E-state index contributed by atoms with van der Waals surface area (Å²) in [5.41, 5.74) is 7.28. The lowest BCUT2D eigenvalue weighted by Crippen LogP contribution is -2.43. The Morgan fingerprint density at radius 1 is 1.42 bits per heavy atom. The van der Waals surface area contributed by atoms with Crippen molar-refractivity contribution < 1.29 is 14.1 Å². The van der Waals surface area contributed by atoms with Crippen molar-refractivity contribution in [2.45, 2.75) is 19.9 Å². The van der Waals surface area contributed by atoms with Crippen LogP contribution in [0, 0.1) is 0 Å². The van der Waals surface area contributed by atoms with Crippen LogP contribution in [-0.4, -0.2) is 35.6 Å². The summed E-state index contributed by atoms with van der Waals surface area (Å²) in [7, 11) is 1.62. The van der Waals surface area contributed by atoms with Crippen molar-refractivity contribution in [2.75, 3.05) is 26.0 Å². The number of nitrogens with two attached hydrogens (primary N) is 1. The zero-order valence-corrected chi connectivity index (χ0v) is 14.9. The second-order valence-corrected chi connectivity index (χ2v) is 5.88. The van der Waals surface area contributed by atoms with Gasteiger partial charge in [-0.05, 0) is 25.1 Å². The highest BCUT2D eigenvalue weighted by atomic mass is 16.5. The van der Waals surface area contributed by atoms with Gasteiger partial charge in [0.05, 0.1) is 6.54 Å². The highest BCUT2D eigenvalue weighted by Crippen LogP contribution is 2.14. The van der Waals surface area contributed by atoms with Gasteiger partial charge in [-0.25, -0.2) is 4.57 Å². The average Bonchev–Trinajstić information content (AvgIpc) is 2.64. The SMILES string of the molecule is CCNC(=O)c1cc2c(=O)n3ccccc3nc2[n+](CCCOC)c1N. The molecule has 3 rings (SSSR count). The van der Waals surface area contributed by atoms with Gasteiger partial charge in [-0.3, -0.25) is 14.0 Å². The van der Waals surface area contributed by atoms with Crippen LogP contribution in [0.1, 0.15) is 23.7 Å². The molecule has 26 heavy (non-hydrogen) atoms. The van der Waals surface area contributed by atoms with Crippen molar-refractivity contribution in [3.8, 4) is 0 Å². The maximum Gasteiger partial charge on any atom is 0.278 e. The summed E-state index contributed by atoms with van der Waals surface area (Å²) in [5, 5.41) is 3.08. The van der Waals surface area contributed by atoms with E-state index in [0.717, 1.165) is 0 Å². The van der Waals surface area contributed by atoms with E-state index in [1.54, 1.807) is 30.0 Å². The first kappa shape index (κ1) is 17.8. The highest BCUT2D eigenvalue weighted by Gasteiger charge is 2.23. The number of pyridine rings is 2. The number of nitrogen functional groups attached to an aromatic ring is 1. The van der Waals surface area contributed by atoms with Crippen LogP contribution < -0.4 is 21.2 Å². The molecule has 3 N–H and O–H groups in total. The van der Waals surface area contributed by atoms with Crippen molar-refractivity contribution in [1.29, 1.82) is 0 Å². The fourth-order valence-corrected chi connectivity index (χ4v) is 2.93. The Labute approximate surface area is 150 Å². The Balaban J connectivity index is 2.32. The molecular formula is C18H22N5O3+. The Morgan fingerprint density at radius 2 is 2.23 bits per heavy atom. The van der Waals surface area contributed by atoms with Gasteiger partial charge in [0, 0.05) is 32.9 Å². The maximum atomic E-state index is 12.9. The monoisotopic (exact) mass is 356 g/mol. The molecule has 0 aromatic carbocycles. The number of methoxy groups -OCH3 is 1. The second-order valence-electron chi connectivity index (χ2n) is 5.88. The minimum absolute atomic E-state index is 0.239. The smallest absolute Gasteiger partial charge is 0.278 e. The number of anilines is 1. The fraction of sp³-hybridized carbons (Fsp3) is 0.333. The number of carbonyl (C=O) groups excluding carboxylic acids is 1. The standard InChI is InChI=1S/C18H21N5O3/c1-3-20-17(24)12-11-13-16(23(15(12)19)9-6-10-26-2)21-14-7-4-5-8-22(14)18(13)25/h4-5,7-8,11,19H,3,6,9-10H2,1-2H3,(H,20,24)/p+1. The van der Waals surface area contributed by atoms with Gasteiger partial charge in [-0.1, -0.05) is 11.1 Å². The molecule has 0 aliphatic rings. The minimum Gasteiger partial charge on any atom is -0.385 e. The molecule has 0 spiro atoms. The number of carbonyl (C=O) groups is 1. The van der Waals surface area contributed by atoms with Crippen LogP contribution in [0.2, 0.25) is 0 Å². The van der Waals surface area contributed by atoms with E-state index in [4.69, 9.17) is 10.5 Å². The maximum absolute atomic E-state index is 12.9. The number of hydrogen-bond donors (Lipinski definition) is 2.